The number of hydrogen-bond donors (Lipinski definition) is 1. The summed E-state index contributed by atoms with van der Waals surface area (Å²) in [6.45, 7) is 0. The Morgan fingerprint density at radius 2 is 1.74 bits per heavy atom. The molecule has 2 aliphatic rings. The number of rotatable bonds is 7. The molecule has 4 aromatic rings. The number of methoxy groups -OCH3 is 2. The number of imidazole rings is 1. The fraction of sp³-hybridized carbons (Fsp3) is 0.258. The number of hydrogen-bond acceptors (Lipinski definition) is 6. The van der Waals surface area contributed by atoms with E-state index in [2.05, 4.69) is 40.3 Å². The number of fused-ring (bicyclic) bond motifs is 2. The van der Waals surface area contributed by atoms with Gasteiger partial charge in [-0.1, -0.05) is 48.2 Å². The molecule has 6 rings (SSSR count). The van der Waals surface area contributed by atoms with Gasteiger partial charge in [-0.3, -0.25) is 4.79 Å². The molecule has 1 aromatic heterocycles. The van der Waals surface area contributed by atoms with Crippen molar-refractivity contribution in [2.75, 3.05) is 20.0 Å². The van der Waals surface area contributed by atoms with Gasteiger partial charge in [-0.2, -0.15) is 5.10 Å². The van der Waals surface area contributed by atoms with Crippen LogP contribution < -0.4 is 9.47 Å². The Labute approximate surface area is 231 Å². The summed E-state index contributed by atoms with van der Waals surface area (Å²) in [7, 11) is 3.33. The summed E-state index contributed by atoms with van der Waals surface area (Å²) in [5, 5.41) is 7.45. The van der Waals surface area contributed by atoms with Crippen LogP contribution in [-0.2, 0) is 4.79 Å². The largest absolute Gasteiger partial charge is 0.497 e. The smallest absolute Gasteiger partial charge is 0.253 e. The number of benzene rings is 3. The quantitative estimate of drug-likeness (QED) is 0.272. The van der Waals surface area contributed by atoms with Crippen LogP contribution in [0.15, 0.2) is 88.6 Å². The average molecular weight is 539 g/mol. The van der Waals surface area contributed by atoms with Crippen LogP contribution in [0.3, 0.4) is 0 Å². The molecule has 2 unspecified atom stereocenters. The first kappa shape index (κ1) is 25.2. The number of carbonyl (C=O) groups excluding carboxylic acids is 1. The lowest BCUT2D eigenvalue weighted by molar-refractivity contribution is -0.130. The topological polar surface area (TPSA) is 79.8 Å². The fourth-order valence-corrected chi connectivity index (χ4v) is 6.17. The first-order valence-corrected chi connectivity index (χ1v) is 14.1. The lowest BCUT2D eigenvalue weighted by Crippen LogP contribution is -2.32. The molecule has 2 heterocycles. The van der Waals surface area contributed by atoms with Gasteiger partial charge >= 0.3 is 0 Å². The van der Waals surface area contributed by atoms with Gasteiger partial charge in [-0.25, -0.2) is 9.99 Å². The maximum absolute atomic E-state index is 13.7. The fourth-order valence-electron chi connectivity index (χ4n) is 5.44. The van der Waals surface area contributed by atoms with Gasteiger partial charge in [0.1, 0.15) is 11.5 Å². The highest BCUT2D eigenvalue weighted by atomic mass is 32.2. The van der Waals surface area contributed by atoms with Crippen LogP contribution in [0.1, 0.15) is 36.4 Å². The van der Waals surface area contributed by atoms with Crippen LogP contribution in [0.5, 0.6) is 11.5 Å². The molecule has 1 aliphatic carbocycles. The SMILES string of the molecule is COc1ccc(C=C2CCCC3C2=NN(C(=O)CSc2nc4ccccc4[nH]2)C3c2ccc(OC)cc2)cc1. The maximum Gasteiger partial charge on any atom is 0.253 e. The zero-order valence-electron chi connectivity index (χ0n) is 22.0. The van der Waals surface area contributed by atoms with Crippen molar-refractivity contribution in [1.82, 2.24) is 15.0 Å². The molecule has 1 aliphatic heterocycles. The van der Waals surface area contributed by atoms with Crippen molar-refractivity contribution in [3.8, 4) is 11.5 Å². The summed E-state index contributed by atoms with van der Waals surface area (Å²) >= 11 is 1.41. The van der Waals surface area contributed by atoms with Crippen molar-refractivity contribution < 1.29 is 14.3 Å². The molecule has 0 bridgehead atoms. The summed E-state index contributed by atoms with van der Waals surface area (Å²) < 4.78 is 10.7. The predicted octanol–water partition coefficient (Wildman–Crippen LogP) is 6.50. The second kappa shape index (κ2) is 11.0. The molecule has 0 saturated heterocycles. The summed E-state index contributed by atoms with van der Waals surface area (Å²) in [5.74, 6) is 1.96. The molecule has 1 N–H and O–H groups in total. The number of aromatic amines is 1. The molecule has 3 aromatic carbocycles. The number of ether oxygens (including phenoxy) is 2. The molecule has 0 radical (unpaired) electrons. The highest BCUT2D eigenvalue weighted by Gasteiger charge is 2.43. The zero-order chi connectivity index (χ0) is 26.8. The minimum absolute atomic E-state index is 0.0352. The molecule has 8 heteroatoms. The Bertz CT molecular complexity index is 1510. The summed E-state index contributed by atoms with van der Waals surface area (Å²) in [6.07, 6.45) is 5.17. The van der Waals surface area contributed by atoms with Crippen LogP contribution in [0.4, 0.5) is 0 Å². The molecule has 1 fully saturated rings. The Morgan fingerprint density at radius 1 is 1.03 bits per heavy atom. The number of nitrogens with one attached hydrogen (secondary N) is 1. The van der Waals surface area contributed by atoms with Gasteiger partial charge in [0.25, 0.3) is 5.91 Å². The standard InChI is InChI=1S/C31H30N4O3S/c1-37-23-14-10-20(11-15-23)18-22-6-5-7-25-29(22)34-35(30(25)21-12-16-24(38-2)17-13-21)28(36)19-39-31-32-26-8-3-4-9-27(26)33-31/h3-4,8-18,25,30H,5-7,19H2,1-2H3,(H,32,33). The van der Waals surface area contributed by atoms with Crippen molar-refractivity contribution in [2.24, 2.45) is 11.0 Å². The number of nitrogens with zero attached hydrogens (tertiary/aromatic N) is 3. The van der Waals surface area contributed by atoms with Gasteiger partial charge in [-0.05, 0) is 78.4 Å². The number of thioether (sulfide) groups is 1. The summed E-state index contributed by atoms with van der Waals surface area (Å²) in [5.41, 5.74) is 6.22. The predicted molar refractivity (Wildman–Crippen MR) is 155 cm³/mol. The van der Waals surface area contributed by atoms with Gasteiger partial charge < -0.3 is 14.5 Å². The molecular formula is C31H30N4O3S. The molecule has 1 amide bonds. The van der Waals surface area contributed by atoms with E-state index in [9.17, 15) is 4.79 Å². The first-order chi connectivity index (χ1) is 19.1. The van der Waals surface area contributed by atoms with Gasteiger partial charge in [-0.15, -0.1) is 0 Å². The zero-order valence-corrected chi connectivity index (χ0v) is 22.8. The summed E-state index contributed by atoms with van der Waals surface area (Å²) in [6, 6.07) is 23.8. The van der Waals surface area contributed by atoms with E-state index in [4.69, 9.17) is 14.6 Å². The minimum Gasteiger partial charge on any atom is -0.497 e. The van der Waals surface area contributed by atoms with Crippen LogP contribution in [0, 0.1) is 5.92 Å². The number of amides is 1. The van der Waals surface area contributed by atoms with E-state index >= 15 is 0 Å². The third-order valence-electron chi connectivity index (χ3n) is 7.37. The second-order valence-electron chi connectivity index (χ2n) is 9.73. The Hall–Kier alpha value is -4.04. The van der Waals surface area contributed by atoms with Gasteiger partial charge in [0.2, 0.25) is 0 Å². The van der Waals surface area contributed by atoms with Gasteiger partial charge in [0.05, 0.1) is 42.8 Å². The van der Waals surface area contributed by atoms with Crippen LogP contribution in [0.2, 0.25) is 0 Å². The average Bonchev–Trinajstić information content (AvgIpc) is 3.58. The monoisotopic (exact) mass is 538 g/mol. The second-order valence-corrected chi connectivity index (χ2v) is 10.7. The number of para-hydroxylation sites is 2. The third kappa shape index (κ3) is 5.16. The highest BCUT2D eigenvalue weighted by molar-refractivity contribution is 7.99. The van der Waals surface area contributed by atoms with Crippen LogP contribution in [-0.4, -0.2) is 46.6 Å². The van der Waals surface area contributed by atoms with Gasteiger partial charge in [0, 0.05) is 5.92 Å². The molecule has 7 nitrogen and oxygen atoms in total. The van der Waals surface area contributed by atoms with Crippen molar-refractivity contribution in [2.45, 2.75) is 30.5 Å². The highest BCUT2D eigenvalue weighted by Crippen LogP contribution is 2.45. The molecule has 39 heavy (non-hydrogen) atoms. The molecule has 198 valence electrons. The van der Waals surface area contributed by atoms with Crippen molar-refractivity contribution >= 4 is 40.5 Å². The van der Waals surface area contributed by atoms with Crippen molar-refractivity contribution in [1.29, 1.82) is 0 Å². The lowest BCUT2D eigenvalue weighted by atomic mass is 9.77. The first-order valence-electron chi connectivity index (χ1n) is 13.1. The maximum atomic E-state index is 13.7. The normalized spacial score (nSPS) is 19.7. The number of allylic oxidation sites excluding steroid dienone is 1. The molecular weight excluding hydrogens is 508 g/mol. The third-order valence-corrected chi connectivity index (χ3v) is 8.23. The van der Waals surface area contributed by atoms with Crippen molar-refractivity contribution in [3.63, 3.8) is 0 Å². The summed E-state index contributed by atoms with van der Waals surface area (Å²) in [4.78, 5) is 21.6. The van der Waals surface area contributed by atoms with E-state index in [1.165, 1.54) is 17.3 Å². The van der Waals surface area contributed by atoms with Crippen LogP contribution >= 0.6 is 11.8 Å². The van der Waals surface area contributed by atoms with E-state index in [1.807, 2.05) is 48.5 Å². The minimum atomic E-state index is -0.158. The Morgan fingerprint density at radius 3 is 2.46 bits per heavy atom. The van der Waals surface area contributed by atoms with Crippen LogP contribution in [0.25, 0.3) is 17.1 Å². The van der Waals surface area contributed by atoms with E-state index < -0.39 is 0 Å². The number of H-pyrrole nitrogens is 1. The van der Waals surface area contributed by atoms with E-state index in [-0.39, 0.29) is 23.6 Å². The lowest BCUT2D eigenvalue weighted by Gasteiger charge is -2.29. The van der Waals surface area contributed by atoms with E-state index in [1.54, 1.807) is 19.2 Å². The molecule has 0 spiro atoms. The van der Waals surface area contributed by atoms with E-state index in [0.717, 1.165) is 63.8 Å². The Kier molecular flexibility index (Phi) is 7.11. The van der Waals surface area contributed by atoms with Gasteiger partial charge in [0.15, 0.2) is 5.16 Å². The van der Waals surface area contributed by atoms with Crippen molar-refractivity contribution in [3.05, 3.63) is 89.5 Å². The molecule has 2 atom stereocenters. The Balaban J connectivity index is 1.30. The molecule has 1 saturated carbocycles. The number of carbonyl (C=O) groups is 1. The number of hydrazone groups is 1. The number of aromatic nitrogens is 2. The van der Waals surface area contributed by atoms with E-state index in [0.29, 0.717) is 0 Å².